The lowest BCUT2D eigenvalue weighted by atomic mass is 10.0. The molecule has 0 radical (unpaired) electrons. The molecule has 0 saturated carbocycles. The first-order valence-corrected chi connectivity index (χ1v) is 9.53. The fraction of sp³-hybridized carbons (Fsp3) is 0.632. The molecule has 1 atom stereocenters. The van der Waals surface area contributed by atoms with Crippen LogP contribution in [0.2, 0.25) is 0 Å². The van der Waals surface area contributed by atoms with E-state index in [1.807, 2.05) is 6.92 Å². The van der Waals surface area contributed by atoms with Crippen molar-refractivity contribution in [2.45, 2.75) is 46.5 Å². The Morgan fingerprint density at radius 2 is 1.30 bits per heavy atom. The number of carbonyl (C=O) groups is 1. The van der Waals surface area contributed by atoms with Crippen molar-refractivity contribution in [3.05, 3.63) is 29.1 Å². The van der Waals surface area contributed by atoms with Crippen molar-refractivity contribution in [3.63, 3.8) is 0 Å². The maximum absolute atomic E-state index is 13.5. The number of ether oxygens (including phenoxy) is 4. The van der Waals surface area contributed by atoms with Crippen LogP contribution in [0, 0.1) is 35.0 Å². The van der Waals surface area contributed by atoms with Gasteiger partial charge in [-0.1, -0.05) is 6.92 Å². The van der Waals surface area contributed by atoms with Crippen LogP contribution in [0.3, 0.4) is 0 Å². The molecule has 0 aromatic heterocycles. The Labute approximate surface area is 171 Å². The van der Waals surface area contributed by atoms with Crippen molar-refractivity contribution in [2.75, 3.05) is 26.4 Å². The van der Waals surface area contributed by atoms with Gasteiger partial charge in [0, 0.05) is 32.3 Å². The van der Waals surface area contributed by atoms with Gasteiger partial charge in [0.25, 0.3) is 5.97 Å². The molecular weight excluding hydrogens is 417 g/mol. The summed E-state index contributed by atoms with van der Waals surface area (Å²) < 4.78 is 87.6. The minimum Gasteiger partial charge on any atom is -0.404 e. The molecule has 0 bridgehead atoms. The second-order valence-electron chi connectivity index (χ2n) is 6.16. The number of carbonyl (C=O) groups excluding carboxylic acids is 1. The lowest BCUT2D eigenvalue weighted by molar-refractivity contribution is -0.400. The maximum atomic E-state index is 13.5. The largest absolute Gasteiger partial charge is 0.412 e. The van der Waals surface area contributed by atoms with Gasteiger partial charge in [-0.2, -0.15) is 8.78 Å². The van der Waals surface area contributed by atoms with E-state index in [4.69, 9.17) is 14.2 Å². The van der Waals surface area contributed by atoms with Crippen molar-refractivity contribution in [1.29, 1.82) is 0 Å². The van der Waals surface area contributed by atoms with E-state index in [2.05, 4.69) is 10.1 Å². The van der Waals surface area contributed by atoms with Crippen molar-refractivity contribution in [1.82, 2.24) is 5.32 Å². The quantitative estimate of drug-likeness (QED) is 0.168. The molecule has 172 valence electrons. The van der Waals surface area contributed by atoms with Crippen LogP contribution in [-0.2, 0) is 14.2 Å². The van der Waals surface area contributed by atoms with Gasteiger partial charge in [0.1, 0.15) is 0 Å². The molecule has 11 heteroatoms. The van der Waals surface area contributed by atoms with Gasteiger partial charge in [-0.05, 0) is 33.6 Å². The van der Waals surface area contributed by atoms with E-state index in [0.717, 1.165) is 0 Å². The zero-order valence-corrected chi connectivity index (χ0v) is 17.3. The monoisotopic (exact) mass is 443 g/mol. The Hall–Kier alpha value is -1.98. The van der Waals surface area contributed by atoms with Crippen LogP contribution in [-0.4, -0.2) is 38.4 Å². The van der Waals surface area contributed by atoms with Crippen LogP contribution in [0.25, 0.3) is 0 Å². The molecule has 0 aliphatic heterocycles. The molecule has 0 aliphatic rings. The minimum absolute atomic E-state index is 0.000967. The summed E-state index contributed by atoms with van der Waals surface area (Å²) in [6, 6.07) is 0. The SMILES string of the molecule is CCOC(OCC)(OCC)C(C)CCCNC(=O)Oc1c(F)c(F)c(F)c(F)c1F. The Morgan fingerprint density at radius 1 is 0.867 bits per heavy atom. The highest BCUT2D eigenvalue weighted by atomic mass is 19.2. The molecule has 1 amide bonds. The average molecular weight is 443 g/mol. The highest BCUT2D eigenvalue weighted by Crippen LogP contribution is 2.30. The predicted molar refractivity (Wildman–Crippen MR) is 96.3 cm³/mol. The topological polar surface area (TPSA) is 66.0 Å². The van der Waals surface area contributed by atoms with Gasteiger partial charge in [0.2, 0.25) is 34.8 Å². The van der Waals surface area contributed by atoms with Gasteiger partial charge in [-0.3, -0.25) is 0 Å². The first-order chi connectivity index (χ1) is 14.1. The van der Waals surface area contributed by atoms with E-state index in [-0.39, 0.29) is 12.5 Å². The highest BCUT2D eigenvalue weighted by molar-refractivity contribution is 5.70. The third-order valence-corrected chi connectivity index (χ3v) is 4.09. The number of halogens is 5. The maximum Gasteiger partial charge on any atom is 0.412 e. The lowest BCUT2D eigenvalue weighted by Crippen LogP contribution is -2.45. The Balaban J connectivity index is 2.65. The van der Waals surface area contributed by atoms with Crippen LogP contribution in [0.15, 0.2) is 0 Å². The van der Waals surface area contributed by atoms with Crippen molar-refractivity contribution >= 4 is 6.09 Å². The summed E-state index contributed by atoms with van der Waals surface area (Å²) in [7, 11) is 0. The summed E-state index contributed by atoms with van der Waals surface area (Å²) >= 11 is 0. The Kier molecular flexibility index (Phi) is 10.4. The van der Waals surface area contributed by atoms with E-state index >= 15 is 0 Å². The third-order valence-electron chi connectivity index (χ3n) is 4.09. The Morgan fingerprint density at radius 3 is 1.73 bits per heavy atom. The number of benzene rings is 1. The van der Waals surface area contributed by atoms with E-state index in [9.17, 15) is 26.7 Å². The molecule has 0 saturated heterocycles. The predicted octanol–water partition coefficient (Wildman–Crippen LogP) is 4.65. The first kappa shape index (κ1) is 26.1. The zero-order valence-electron chi connectivity index (χ0n) is 17.3. The number of hydrogen-bond donors (Lipinski definition) is 1. The normalized spacial score (nSPS) is 12.7. The molecular formula is C19H26F5NO5. The van der Waals surface area contributed by atoms with Crippen molar-refractivity contribution in [3.8, 4) is 5.75 Å². The van der Waals surface area contributed by atoms with Gasteiger partial charge in [-0.15, -0.1) is 0 Å². The summed E-state index contributed by atoms with van der Waals surface area (Å²) in [5, 5.41) is 2.19. The number of rotatable bonds is 12. The third kappa shape index (κ3) is 6.26. The molecule has 1 aromatic rings. The van der Waals surface area contributed by atoms with Crippen molar-refractivity contribution < 1.29 is 45.7 Å². The zero-order chi connectivity index (χ0) is 22.9. The van der Waals surface area contributed by atoms with Crippen LogP contribution in [0.4, 0.5) is 26.7 Å². The molecule has 0 fully saturated rings. The van der Waals surface area contributed by atoms with E-state index in [0.29, 0.717) is 32.7 Å². The average Bonchev–Trinajstić information content (AvgIpc) is 2.71. The first-order valence-electron chi connectivity index (χ1n) is 9.53. The molecule has 0 heterocycles. The van der Waals surface area contributed by atoms with Gasteiger partial charge < -0.3 is 24.3 Å². The fourth-order valence-corrected chi connectivity index (χ4v) is 2.73. The number of amides is 1. The molecule has 1 rings (SSSR count). The van der Waals surface area contributed by atoms with Gasteiger partial charge >= 0.3 is 6.09 Å². The fourth-order valence-electron chi connectivity index (χ4n) is 2.73. The minimum atomic E-state index is -2.34. The molecule has 0 aliphatic carbocycles. The second-order valence-corrected chi connectivity index (χ2v) is 6.16. The van der Waals surface area contributed by atoms with Crippen LogP contribution in [0.5, 0.6) is 5.75 Å². The standard InChI is InChI=1S/C19H26F5NO5/c1-5-27-19(28-6-2,29-7-3)11(4)9-8-10-25-18(26)30-17-15(23)13(21)12(20)14(22)16(17)24/h11H,5-10H2,1-4H3,(H,25,26). The van der Waals surface area contributed by atoms with E-state index in [1.165, 1.54) is 0 Å². The van der Waals surface area contributed by atoms with Gasteiger partial charge in [0.05, 0.1) is 0 Å². The number of nitrogens with one attached hydrogen (secondary N) is 1. The van der Waals surface area contributed by atoms with Crippen LogP contribution >= 0.6 is 0 Å². The molecule has 0 spiro atoms. The molecule has 1 unspecified atom stereocenters. The number of hydrogen-bond acceptors (Lipinski definition) is 5. The lowest BCUT2D eigenvalue weighted by Gasteiger charge is -2.37. The van der Waals surface area contributed by atoms with E-state index in [1.54, 1.807) is 20.8 Å². The Bertz CT molecular complexity index is 673. The summed E-state index contributed by atoms with van der Waals surface area (Å²) in [6.07, 6.45) is -0.540. The van der Waals surface area contributed by atoms with E-state index < -0.39 is 46.9 Å². The molecule has 1 aromatic carbocycles. The van der Waals surface area contributed by atoms with Crippen LogP contribution < -0.4 is 10.1 Å². The molecule has 1 N–H and O–H groups in total. The summed E-state index contributed by atoms with van der Waals surface area (Å²) in [5.41, 5.74) is 0. The van der Waals surface area contributed by atoms with Gasteiger partial charge in [0.15, 0.2) is 0 Å². The van der Waals surface area contributed by atoms with Gasteiger partial charge in [-0.25, -0.2) is 18.0 Å². The summed E-state index contributed by atoms with van der Waals surface area (Å²) in [4.78, 5) is 11.7. The van der Waals surface area contributed by atoms with Crippen LogP contribution in [0.1, 0.15) is 40.5 Å². The summed E-state index contributed by atoms with van der Waals surface area (Å²) in [5.74, 6) is -14.4. The second kappa shape index (κ2) is 12.0. The smallest absolute Gasteiger partial charge is 0.404 e. The summed E-state index contributed by atoms with van der Waals surface area (Å²) in [6.45, 7) is 8.22. The van der Waals surface area contributed by atoms with Crippen molar-refractivity contribution in [2.24, 2.45) is 5.92 Å². The molecule has 30 heavy (non-hydrogen) atoms. The highest BCUT2D eigenvalue weighted by Gasteiger charge is 2.39. The molecule has 6 nitrogen and oxygen atoms in total.